The molecule has 1 aromatic carbocycles. The van der Waals surface area contributed by atoms with Crippen LogP contribution in [0.3, 0.4) is 0 Å². The third-order valence-corrected chi connectivity index (χ3v) is 1.45. The van der Waals surface area contributed by atoms with E-state index in [4.69, 9.17) is 0 Å². The van der Waals surface area contributed by atoms with E-state index in [0.29, 0.717) is 3.57 Å². The fourth-order valence-electron chi connectivity index (χ4n) is 0.520. The molecule has 0 amide bonds. The first-order valence-electron chi connectivity index (χ1n) is 2.30. The van der Waals surface area contributed by atoms with E-state index in [-0.39, 0.29) is 0 Å². The van der Waals surface area contributed by atoms with Crippen LogP contribution in [-0.2, 0) is 0 Å². The van der Waals surface area contributed by atoms with Crippen molar-refractivity contribution in [2.24, 2.45) is 0 Å². The fraction of sp³-hybridized carbons (Fsp3) is 0. The molecule has 0 spiro atoms. The minimum Gasteiger partial charge on any atom is -0.207 e. The van der Waals surface area contributed by atoms with Crippen LogP contribution in [0.1, 0.15) is 0 Å². The van der Waals surface area contributed by atoms with Gasteiger partial charge in [0.25, 0.3) is 0 Å². The van der Waals surface area contributed by atoms with E-state index >= 15 is 0 Å². The summed E-state index contributed by atoms with van der Waals surface area (Å²) in [7, 11) is 0. The predicted octanol–water partition coefficient (Wildman–Crippen LogP) is 2.57. The molecule has 0 unspecified atom stereocenters. The van der Waals surface area contributed by atoms with Crippen LogP contribution < -0.4 is 0 Å². The number of halogens is 3. The second kappa shape index (κ2) is 2.60. The largest absolute Gasteiger partial charge is 0.207 e. The molecule has 0 bridgehead atoms. The molecule has 1 aromatic rings. The SMILES string of the molecule is Fc1cc(F)cc(I)c1. The lowest BCUT2D eigenvalue weighted by Crippen LogP contribution is -1.79. The highest BCUT2D eigenvalue weighted by atomic mass is 127. The predicted molar refractivity (Wildman–Crippen MR) is 39.1 cm³/mol. The fourth-order valence-corrected chi connectivity index (χ4v) is 1.12. The molecule has 0 nitrogen and oxygen atoms in total. The van der Waals surface area contributed by atoms with E-state index in [2.05, 4.69) is 0 Å². The summed E-state index contributed by atoms with van der Waals surface area (Å²) in [6, 6.07) is 3.38. The maximum atomic E-state index is 12.2. The van der Waals surface area contributed by atoms with Gasteiger partial charge in [-0.2, -0.15) is 0 Å². The van der Waals surface area contributed by atoms with E-state index < -0.39 is 11.6 Å². The third kappa shape index (κ3) is 1.89. The molecule has 0 aromatic heterocycles. The number of hydrogen-bond acceptors (Lipinski definition) is 0. The van der Waals surface area contributed by atoms with E-state index in [9.17, 15) is 8.78 Å². The molecule has 1 rings (SSSR count). The Kier molecular flexibility index (Phi) is 2.00. The van der Waals surface area contributed by atoms with Crippen LogP contribution in [0.5, 0.6) is 0 Å². The summed E-state index contributed by atoms with van der Waals surface area (Å²) in [5.41, 5.74) is 0. The summed E-state index contributed by atoms with van der Waals surface area (Å²) in [5.74, 6) is -1.06. The number of hydrogen-bond donors (Lipinski definition) is 0. The monoisotopic (exact) mass is 240 g/mol. The van der Waals surface area contributed by atoms with Crippen molar-refractivity contribution >= 4 is 22.6 Å². The van der Waals surface area contributed by atoms with Gasteiger partial charge in [-0.3, -0.25) is 0 Å². The van der Waals surface area contributed by atoms with Crippen LogP contribution in [0, 0.1) is 15.2 Å². The molecule has 0 aliphatic rings. The summed E-state index contributed by atoms with van der Waals surface area (Å²) < 4.78 is 24.9. The summed E-state index contributed by atoms with van der Waals surface area (Å²) in [6.45, 7) is 0. The van der Waals surface area contributed by atoms with Crippen LogP contribution in [-0.4, -0.2) is 0 Å². The Morgan fingerprint density at radius 1 is 1.00 bits per heavy atom. The van der Waals surface area contributed by atoms with Crippen LogP contribution in [0.2, 0.25) is 0 Å². The lowest BCUT2D eigenvalue weighted by atomic mass is 10.3. The van der Waals surface area contributed by atoms with Crippen molar-refractivity contribution < 1.29 is 8.78 Å². The Hall–Kier alpha value is -0.190. The molecule has 3 heteroatoms. The first-order chi connectivity index (χ1) is 4.18. The number of rotatable bonds is 0. The Morgan fingerprint density at radius 2 is 1.44 bits per heavy atom. The molecule has 0 radical (unpaired) electrons. The highest BCUT2D eigenvalue weighted by molar-refractivity contribution is 14.1. The average molecular weight is 240 g/mol. The molecule has 0 heterocycles. The second-order valence-corrected chi connectivity index (χ2v) is 2.83. The first-order valence-corrected chi connectivity index (χ1v) is 3.38. The van der Waals surface area contributed by atoms with Gasteiger partial charge in [-0.15, -0.1) is 0 Å². The Bertz CT molecular complexity index is 172. The third-order valence-electron chi connectivity index (χ3n) is 0.827. The first kappa shape index (κ1) is 6.92. The quantitative estimate of drug-likeness (QED) is 0.611. The van der Waals surface area contributed by atoms with Gasteiger partial charge in [0.05, 0.1) is 0 Å². The van der Waals surface area contributed by atoms with Gasteiger partial charge >= 0.3 is 0 Å². The molecule has 0 aliphatic carbocycles. The molecule has 0 fully saturated rings. The molecule has 0 N–H and O–H groups in total. The van der Waals surface area contributed by atoms with Gasteiger partial charge < -0.3 is 0 Å². The highest BCUT2D eigenvalue weighted by Crippen LogP contribution is 2.09. The maximum absolute atomic E-state index is 12.2. The summed E-state index contributed by atoms with van der Waals surface area (Å²) >= 11 is 1.85. The zero-order valence-electron chi connectivity index (χ0n) is 4.37. The van der Waals surface area contributed by atoms with Crippen LogP contribution in [0.25, 0.3) is 0 Å². The maximum Gasteiger partial charge on any atom is 0.127 e. The van der Waals surface area contributed by atoms with Gasteiger partial charge in [0.15, 0.2) is 0 Å². The smallest absolute Gasteiger partial charge is 0.127 e. The van der Waals surface area contributed by atoms with Crippen molar-refractivity contribution in [3.8, 4) is 0 Å². The minimum atomic E-state index is -0.528. The zero-order valence-corrected chi connectivity index (χ0v) is 6.52. The minimum absolute atomic E-state index is 0.528. The Balaban J connectivity index is 3.17. The van der Waals surface area contributed by atoms with Crippen LogP contribution in [0.15, 0.2) is 18.2 Å². The van der Waals surface area contributed by atoms with Crippen LogP contribution >= 0.6 is 22.6 Å². The van der Waals surface area contributed by atoms with Gasteiger partial charge in [0.1, 0.15) is 11.6 Å². The van der Waals surface area contributed by atoms with E-state index in [1.54, 1.807) is 0 Å². The molecule has 0 atom stereocenters. The van der Waals surface area contributed by atoms with E-state index in [1.165, 1.54) is 12.1 Å². The van der Waals surface area contributed by atoms with Crippen molar-refractivity contribution in [1.82, 2.24) is 0 Å². The topological polar surface area (TPSA) is 0 Å². The number of benzene rings is 1. The van der Waals surface area contributed by atoms with Crippen molar-refractivity contribution in [3.05, 3.63) is 33.4 Å². The van der Waals surface area contributed by atoms with Gasteiger partial charge in [0, 0.05) is 9.64 Å². The van der Waals surface area contributed by atoms with Crippen LogP contribution in [0.4, 0.5) is 8.78 Å². The summed E-state index contributed by atoms with van der Waals surface area (Å²) in [6.07, 6.45) is 0. The van der Waals surface area contributed by atoms with Crippen molar-refractivity contribution in [3.63, 3.8) is 0 Å². The van der Waals surface area contributed by atoms with Gasteiger partial charge in [-0.25, -0.2) is 8.78 Å². The normalized spacial score (nSPS) is 9.67. The van der Waals surface area contributed by atoms with Crippen molar-refractivity contribution in [2.75, 3.05) is 0 Å². The molecule has 48 valence electrons. The van der Waals surface area contributed by atoms with Crippen molar-refractivity contribution in [2.45, 2.75) is 0 Å². The van der Waals surface area contributed by atoms with Crippen molar-refractivity contribution in [1.29, 1.82) is 0 Å². The van der Waals surface area contributed by atoms with Gasteiger partial charge in [-0.05, 0) is 34.7 Å². The molecule has 0 saturated heterocycles. The molecule has 0 saturated carbocycles. The van der Waals surface area contributed by atoms with E-state index in [1.807, 2.05) is 22.6 Å². The highest BCUT2D eigenvalue weighted by Gasteiger charge is 1.95. The molecule has 9 heavy (non-hydrogen) atoms. The Morgan fingerprint density at radius 3 is 1.78 bits per heavy atom. The molecular formula is C6H3F2I. The second-order valence-electron chi connectivity index (χ2n) is 1.59. The zero-order chi connectivity index (χ0) is 6.85. The van der Waals surface area contributed by atoms with Gasteiger partial charge in [-0.1, -0.05) is 0 Å². The Labute approximate surface area is 65.0 Å². The standard InChI is InChI=1S/C6H3F2I/c7-4-1-5(8)3-6(9)2-4/h1-3H. The summed E-state index contributed by atoms with van der Waals surface area (Å²) in [4.78, 5) is 0. The van der Waals surface area contributed by atoms with Gasteiger partial charge in [0.2, 0.25) is 0 Å². The van der Waals surface area contributed by atoms with E-state index in [0.717, 1.165) is 6.07 Å². The lowest BCUT2D eigenvalue weighted by Gasteiger charge is -1.89. The summed E-state index contributed by atoms with van der Waals surface area (Å²) in [5, 5.41) is 0. The average Bonchev–Trinajstić information content (AvgIpc) is 1.59. The molecule has 0 aliphatic heterocycles. The lowest BCUT2D eigenvalue weighted by molar-refractivity contribution is 0.581. The molecular weight excluding hydrogens is 237 g/mol.